The van der Waals surface area contributed by atoms with Gasteiger partial charge in [-0.05, 0) is 56.7 Å². The monoisotopic (exact) mass is 423 g/mol. The Hall–Kier alpha value is -2.93. The van der Waals surface area contributed by atoms with E-state index < -0.39 is 5.97 Å². The zero-order valence-corrected chi connectivity index (χ0v) is 18.0. The quantitative estimate of drug-likeness (QED) is 0.565. The topological polar surface area (TPSA) is 64.4 Å². The van der Waals surface area contributed by atoms with Crippen LogP contribution in [0.3, 0.4) is 0 Å². The zero-order valence-electron chi connectivity index (χ0n) is 17.2. The first-order chi connectivity index (χ1) is 14.5. The molecule has 1 saturated heterocycles. The normalized spacial score (nSPS) is 18.9. The molecule has 6 nitrogen and oxygen atoms in total. The summed E-state index contributed by atoms with van der Waals surface area (Å²) in [5, 5.41) is 6.58. The van der Waals surface area contributed by atoms with Crippen LogP contribution in [0, 0.1) is 0 Å². The fourth-order valence-corrected chi connectivity index (χ4v) is 4.71. The minimum absolute atomic E-state index is 0.146. The molecule has 1 aliphatic heterocycles. The standard InChI is InChI=1S/C23H25N3O3S/c1-16-8-6-9-17(2)25(16)22(27)15-29-23(28)20-14-19(21-12-7-13-30-21)24-26(20)18-10-4-3-5-11-18/h3-5,7,10-14,16-17H,6,8-9,15H2,1-2H3/t16-,17-/m1/s1. The van der Waals surface area contributed by atoms with Gasteiger partial charge in [0.2, 0.25) is 0 Å². The number of hydrogen-bond donors (Lipinski definition) is 0. The summed E-state index contributed by atoms with van der Waals surface area (Å²) in [6, 6.07) is 15.4. The lowest BCUT2D eigenvalue weighted by molar-refractivity contribution is -0.140. The molecule has 0 unspecified atom stereocenters. The Morgan fingerprint density at radius 2 is 1.83 bits per heavy atom. The Kier molecular flexibility index (Phi) is 5.99. The fourth-order valence-electron chi connectivity index (χ4n) is 4.03. The van der Waals surface area contributed by atoms with Crippen molar-refractivity contribution in [3.8, 4) is 16.3 Å². The lowest BCUT2D eigenvalue weighted by atomic mass is 9.97. The molecular weight excluding hydrogens is 398 g/mol. The first-order valence-electron chi connectivity index (χ1n) is 10.2. The van der Waals surface area contributed by atoms with Gasteiger partial charge >= 0.3 is 5.97 Å². The summed E-state index contributed by atoms with van der Waals surface area (Å²) in [4.78, 5) is 28.5. The Labute approximate surface area is 180 Å². The maximum Gasteiger partial charge on any atom is 0.357 e. The third-order valence-electron chi connectivity index (χ3n) is 5.50. The van der Waals surface area contributed by atoms with Crippen molar-refractivity contribution in [3.05, 3.63) is 59.6 Å². The molecule has 1 aliphatic rings. The van der Waals surface area contributed by atoms with Crippen LogP contribution in [0.5, 0.6) is 0 Å². The van der Waals surface area contributed by atoms with E-state index in [1.54, 1.807) is 22.1 Å². The van der Waals surface area contributed by atoms with Gasteiger partial charge in [0.1, 0.15) is 5.69 Å². The van der Waals surface area contributed by atoms with Gasteiger partial charge in [0.05, 0.1) is 10.6 Å². The molecule has 0 radical (unpaired) electrons. The maximum atomic E-state index is 12.9. The summed E-state index contributed by atoms with van der Waals surface area (Å²) in [5.74, 6) is -0.702. The molecule has 7 heteroatoms. The highest BCUT2D eigenvalue weighted by atomic mass is 32.1. The van der Waals surface area contributed by atoms with Crippen molar-refractivity contribution in [2.45, 2.75) is 45.2 Å². The molecule has 2 atom stereocenters. The molecule has 1 amide bonds. The van der Waals surface area contributed by atoms with Crippen molar-refractivity contribution in [2.24, 2.45) is 0 Å². The Bertz CT molecular complexity index is 1000. The van der Waals surface area contributed by atoms with Crippen LogP contribution in [0.2, 0.25) is 0 Å². The second-order valence-corrected chi connectivity index (χ2v) is 8.59. The van der Waals surface area contributed by atoms with Crippen LogP contribution in [0.4, 0.5) is 0 Å². The number of likely N-dealkylation sites (tertiary alicyclic amines) is 1. The number of amides is 1. The van der Waals surface area contributed by atoms with E-state index in [4.69, 9.17) is 4.74 Å². The third kappa shape index (κ3) is 4.16. The number of para-hydroxylation sites is 1. The molecule has 3 heterocycles. The van der Waals surface area contributed by atoms with Gasteiger partial charge < -0.3 is 9.64 Å². The zero-order chi connectivity index (χ0) is 21.1. The number of thiophene rings is 1. The molecule has 0 saturated carbocycles. The van der Waals surface area contributed by atoms with Crippen molar-refractivity contribution < 1.29 is 14.3 Å². The fraction of sp³-hybridized carbons (Fsp3) is 0.348. The summed E-state index contributed by atoms with van der Waals surface area (Å²) in [6.45, 7) is 3.84. The summed E-state index contributed by atoms with van der Waals surface area (Å²) < 4.78 is 7.02. The van der Waals surface area contributed by atoms with E-state index in [2.05, 4.69) is 5.10 Å². The Balaban J connectivity index is 1.55. The second kappa shape index (κ2) is 8.83. The van der Waals surface area contributed by atoms with Gasteiger partial charge in [0, 0.05) is 18.2 Å². The van der Waals surface area contributed by atoms with Gasteiger partial charge in [0.15, 0.2) is 12.3 Å². The smallest absolute Gasteiger partial charge is 0.357 e. The molecule has 0 aliphatic carbocycles. The first-order valence-corrected chi connectivity index (χ1v) is 11.1. The summed E-state index contributed by atoms with van der Waals surface area (Å²) in [5.41, 5.74) is 1.76. The van der Waals surface area contributed by atoms with Crippen LogP contribution in [0.25, 0.3) is 16.3 Å². The molecule has 0 bridgehead atoms. The summed E-state index contributed by atoms with van der Waals surface area (Å²) >= 11 is 1.55. The van der Waals surface area contributed by atoms with E-state index in [9.17, 15) is 9.59 Å². The minimum atomic E-state index is -0.556. The number of benzene rings is 1. The van der Waals surface area contributed by atoms with E-state index >= 15 is 0 Å². The predicted octanol–water partition coefficient (Wildman–Crippen LogP) is 4.55. The van der Waals surface area contributed by atoms with Crippen LogP contribution < -0.4 is 0 Å². The molecule has 1 aromatic carbocycles. The van der Waals surface area contributed by atoms with Crippen molar-refractivity contribution in [3.63, 3.8) is 0 Å². The van der Waals surface area contributed by atoms with Crippen molar-refractivity contribution >= 4 is 23.2 Å². The molecule has 0 N–H and O–H groups in total. The maximum absolute atomic E-state index is 12.9. The van der Waals surface area contributed by atoms with Crippen LogP contribution in [-0.2, 0) is 9.53 Å². The number of aromatic nitrogens is 2. The molecule has 0 spiro atoms. The van der Waals surface area contributed by atoms with Gasteiger partial charge in [-0.15, -0.1) is 11.3 Å². The van der Waals surface area contributed by atoms with Gasteiger partial charge in [-0.25, -0.2) is 9.48 Å². The highest BCUT2D eigenvalue weighted by molar-refractivity contribution is 7.13. The molecule has 1 fully saturated rings. The molecule has 3 aromatic rings. The molecule has 4 rings (SSSR count). The predicted molar refractivity (Wildman–Crippen MR) is 117 cm³/mol. The molecule has 2 aromatic heterocycles. The third-order valence-corrected chi connectivity index (χ3v) is 6.39. The average Bonchev–Trinajstić information content (AvgIpc) is 3.42. The molecule has 156 valence electrons. The number of carbonyl (C=O) groups is 2. The van der Waals surface area contributed by atoms with E-state index in [0.717, 1.165) is 29.8 Å². The van der Waals surface area contributed by atoms with E-state index in [1.807, 2.05) is 66.6 Å². The van der Waals surface area contributed by atoms with Gasteiger partial charge in [-0.1, -0.05) is 24.3 Å². The first kappa shape index (κ1) is 20.3. The number of carbonyl (C=O) groups excluding carboxylic acids is 2. The van der Waals surface area contributed by atoms with Crippen molar-refractivity contribution in [1.29, 1.82) is 0 Å². The van der Waals surface area contributed by atoms with Crippen LogP contribution in [0.15, 0.2) is 53.9 Å². The molecular formula is C23H25N3O3S. The average molecular weight is 424 g/mol. The SMILES string of the molecule is C[C@@H]1CCC[C@@H](C)N1C(=O)COC(=O)c1cc(-c2cccs2)nn1-c1ccccc1. The van der Waals surface area contributed by atoms with E-state index in [1.165, 1.54) is 0 Å². The number of rotatable bonds is 5. The summed E-state index contributed by atoms with van der Waals surface area (Å²) in [6.07, 6.45) is 3.08. The van der Waals surface area contributed by atoms with Crippen LogP contribution in [-0.4, -0.2) is 45.2 Å². The number of ether oxygens (including phenoxy) is 1. The Morgan fingerprint density at radius 1 is 1.10 bits per heavy atom. The van der Waals surface area contributed by atoms with Gasteiger partial charge in [-0.2, -0.15) is 5.10 Å². The lowest BCUT2D eigenvalue weighted by Gasteiger charge is -2.38. The van der Waals surface area contributed by atoms with E-state index in [-0.39, 0.29) is 24.6 Å². The van der Waals surface area contributed by atoms with E-state index in [0.29, 0.717) is 11.4 Å². The van der Waals surface area contributed by atoms with Gasteiger partial charge in [-0.3, -0.25) is 4.79 Å². The van der Waals surface area contributed by atoms with Crippen LogP contribution in [0.1, 0.15) is 43.6 Å². The second-order valence-electron chi connectivity index (χ2n) is 7.65. The lowest BCUT2D eigenvalue weighted by Crippen LogP contribution is -2.49. The number of nitrogens with zero attached hydrogens (tertiary/aromatic N) is 3. The highest BCUT2D eigenvalue weighted by Gasteiger charge is 2.30. The van der Waals surface area contributed by atoms with Gasteiger partial charge in [0.25, 0.3) is 5.91 Å². The largest absolute Gasteiger partial charge is 0.451 e. The van der Waals surface area contributed by atoms with Crippen molar-refractivity contribution in [1.82, 2.24) is 14.7 Å². The molecule has 30 heavy (non-hydrogen) atoms. The Morgan fingerprint density at radius 3 is 2.50 bits per heavy atom. The summed E-state index contributed by atoms with van der Waals surface area (Å²) in [7, 11) is 0. The number of piperidine rings is 1. The highest BCUT2D eigenvalue weighted by Crippen LogP contribution is 2.26. The number of hydrogen-bond acceptors (Lipinski definition) is 5. The van der Waals surface area contributed by atoms with Crippen molar-refractivity contribution in [2.75, 3.05) is 6.61 Å². The number of esters is 1. The van der Waals surface area contributed by atoms with Crippen LogP contribution >= 0.6 is 11.3 Å². The minimum Gasteiger partial charge on any atom is -0.451 e.